The molecule has 1 saturated heterocycles. The zero-order chi connectivity index (χ0) is 10.8. The molecule has 82 valence electrons. The molecule has 0 unspecified atom stereocenters. The molecule has 4 nitrogen and oxygen atoms in total. The summed E-state index contributed by atoms with van der Waals surface area (Å²) in [6, 6.07) is 0.0878. The zero-order valence-electron chi connectivity index (χ0n) is 9.29. The summed E-state index contributed by atoms with van der Waals surface area (Å²) in [6.07, 6.45) is 0.691. The number of nitrogens with one attached hydrogen (secondary N) is 1. The van der Waals surface area contributed by atoms with E-state index in [4.69, 9.17) is 9.47 Å². The summed E-state index contributed by atoms with van der Waals surface area (Å²) in [5, 5.41) is 2.80. The van der Waals surface area contributed by atoms with Crippen LogP contribution in [0.5, 0.6) is 0 Å². The number of amides is 1. The van der Waals surface area contributed by atoms with Crippen molar-refractivity contribution < 1.29 is 14.3 Å². The second kappa shape index (κ2) is 4.17. The highest BCUT2D eigenvalue weighted by atomic mass is 16.6. The van der Waals surface area contributed by atoms with Crippen LogP contribution in [0.25, 0.3) is 0 Å². The van der Waals surface area contributed by atoms with Crippen molar-refractivity contribution in [2.45, 2.75) is 51.9 Å². The molecule has 0 aromatic carbocycles. The van der Waals surface area contributed by atoms with E-state index in [0.717, 1.165) is 13.0 Å². The summed E-state index contributed by atoms with van der Waals surface area (Å²) in [6.45, 7) is 8.31. The highest BCUT2D eigenvalue weighted by Crippen LogP contribution is 2.17. The number of alkyl carbamates (subject to hydrolysis) is 1. The van der Waals surface area contributed by atoms with Crippen LogP contribution in [0.4, 0.5) is 4.79 Å². The highest BCUT2D eigenvalue weighted by Gasteiger charge is 2.33. The van der Waals surface area contributed by atoms with Gasteiger partial charge in [-0.1, -0.05) is 6.92 Å². The van der Waals surface area contributed by atoms with Crippen molar-refractivity contribution in [1.29, 1.82) is 0 Å². The number of hydrogen-bond acceptors (Lipinski definition) is 3. The van der Waals surface area contributed by atoms with Crippen molar-refractivity contribution in [3.63, 3.8) is 0 Å². The maximum absolute atomic E-state index is 11.4. The molecule has 1 fully saturated rings. The number of epoxide rings is 1. The van der Waals surface area contributed by atoms with Crippen molar-refractivity contribution in [3.8, 4) is 0 Å². The summed E-state index contributed by atoms with van der Waals surface area (Å²) in [5.74, 6) is 0. The summed E-state index contributed by atoms with van der Waals surface area (Å²) in [7, 11) is 0. The first-order chi connectivity index (χ1) is 6.42. The van der Waals surface area contributed by atoms with Crippen molar-refractivity contribution in [2.24, 2.45) is 0 Å². The van der Waals surface area contributed by atoms with Gasteiger partial charge in [0.1, 0.15) is 11.7 Å². The van der Waals surface area contributed by atoms with E-state index >= 15 is 0 Å². The quantitative estimate of drug-likeness (QED) is 0.707. The molecule has 0 aromatic heterocycles. The minimum Gasteiger partial charge on any atom is -0.444 e. The standard InChI is InChI=1S/C10H19NO3/c1-5-7(8-6-13-8)11-9(12)14-10(2,3)4/h7-8H,5-6H2,1-4H3,(H,11,12)/t7-,8+/m0/s1. The molecular weight excluding hydrogens is 182 g/mol. The van der Waals surface area contributed by atoms with Crippen LogP contribution >= 0.6 is 0 Å². The van der Waals surface area contributed by atoms with Crippen LogP contribution < -0.4 is 5.32 Å². The summed E-state index contributed by atoms with van der Waals surface area (Å²) >= 11 is 0. The number of carbonyl (C=O) groups is 1. The fraction of sp³-hybridized carbons (Fsp3) is 0.900. The van der Waals surface area contributed by atoms with E-state index in [-0.39, 0.29) is 18.2 Å². The van der Waals surface area contributed by atoms with Gasteiger partial charge in [-0.15, -0.1) is 0 Å². The monoisotopic (exact) mass is 201 g/mol. The van der Waals surface area contributed by atoms with Gasteiger partial charge in [0.2, 0.25) is 0 Å². The van der Waals surface area contributed by atoms with Gasteiger partial charge in [0, 0.05) is 0 Å². The Morgan fingerprint density at radius 1 is 1.64 bits per heavy atom. The van der Waals surface area contributed by atoms with Gasteiger partial charge < -0.3 is 14.8 Å². The van der Waals surface area contributed by atoms with Gasteiger partial charge in [-0.3, -0.25) is 0 Å². The fourth-order valence-electron chi connectivity index (χ4n) is 1.20. The fourth-order valence-corrected chi connectivity index (χ4v) is 1.20. The molecule has 0 bridgehead atoms. The van der Waals surface area contributed by atoms with Crippen LogP contribution in [0.3, 0.4) is 0 Å². The Kier molecular flexibility index (Phi) is 3.37. The van der Waals surface area contributed by atoms with E-state index < -0.39 is 5.60 Å². The van der Waals surface area contributed by atoms with E-state index in [1.165, 1.54) is 0 Å². The lowest BCUT2D eigenvalue weighted by molar-refractivity contribution is 0.0493. The molecule has 14 heavy (non-hydrogen) atoms. The van der Waals surface area contributed by atoms with Gasteiger partial charge in [-0.05, 0) is 27.2 Å². The summed E-state index contributed by atoms with van der Waals surface area (Å²) in [4.78, 5) is 11.4. The third-order valence-electron chi connectivity index (χ3n) is 1.95. The number of carbonyl (C=O) groups excluding carboxylic acids is 1. The molecule has 4 heteroatoms. The zero-order valence-corrected chi connectivity index (χ0v) is 9.29. The Morgan fingerprint density at radius 3 is 2.57 bits per heavy atom. The second-order valence-electron chi connectivity index (χ2n) is 4.53. The molecule has 1 aliphatic heterocycles. The smallest absolute Gasteiger partial charge is 0.407 e. The number of hydrogen-bond donors (Lipinski definition) is 1. The lowest BCUT2D eigenvalue weighted by Gasteiger charge is -2.22. The highest BCUT2D eigenvalue weighted by molar-refractivity contribution is 5.68. The van der Waals surface area contributed by atoms with Crippen LogP contribution in [-0.4, -0.2) is 30.4 Å². The van der Waals surface area contributed by atoms with Crippen LogP contribution in [0, 0.1) is 0 Å². The number of ether oxygens (including phenoxy) is 2. The topological polar surface area (TPSA) is 50.9 Å². The van der Waals surface area contributed by atoms with Gasteiger partial charge in [-0.2, -0.15) is 0 Å². The molecule has 0 spiro atoms. The molecule has 0 aromatic rings. The molecule has 0 radical (unpaired) electrons. The molecule has 1 rings (SSSR count). The van der Waals surface area contributed by atoms with E-state index in [2.05, 4.69) is 5.32 Å². The normalized spacial score (nSPS) is 22.7. The molecule has 1 aliphatic rings. The Morgan fingerprint density at radius 2 is 2.21 bits per heavy atom. The Labute approximate surface area is 85.0 Å². The molecule has 1 amide bonds. The average Bonchev–Trinajstić information content (AvgIpc) is 2.78. The predicted octanol–water partition coefficient (Wildman–Crippen LogP) is 1.69. The van der Waals surface area contributed by atoms with Crippen LogP contribution in [0.15, 0.2) is 0 Å². The molecule has 0 saturated carbocycles. The van der Waals surface area contributed by atoms with Gasteiger partial charge in [-0.25, -0.2) is 4.79 Å². The largest absolute Gasteiger partial charge is 0.444 e. The lowest BCUT2D eigenvalue weighted by atomic mass is 10.2. The first-order valence-electron chi connectivity index (χ1n) is 5.03. The Bertz CT molecular complexity index is 206. The molecular formula is C10H19NO3. The van der Waals surface area contributed by atoms with E-state index in [1.807, 2.05) is 27.7 Å². The van der Waals surface area contributed by atoms with E-state index in [1.54, 1.807) is 0 Å². The van der Waals surface area contributed by atoms with Crippen LogP contribution in [0.1, 0.15) is 34.1 Å². The van der Waals surface area contributed by atoms with E-state index in [0.29, 0.717) is 0 Å². The first kappa shape index (κ1) is 11.3. The third-order valence-corrected chi connectivity index (χ3v) is 1.95. The van der Waals surface area contributed by atoms with Crippen molar-refractivity contribution in [1.82, 2.24) is 5.32 Å². The maximum Gasteiger partial charge on any atom is 0.407 e. The van der Waals surface area contributed by atoms with Gasteiger partial charge in [0.15, 0.2) is 0 Å². The van der Waals surface area contributed by atoms with Crippen molar-refractivity contribution >= 4 is 6.09 Å². The predicted molar refractivity (Wildman–Crippen MR) is 53.2 cm³/mol. The Hall–Kier alpha value is -0.770. The summed E-state index contributed by atoms with van der Waals surface area (Å²) in [5.41, 5.74) is -0.438. The van der Waals surface area contributed by atoms with Gasteiger partial charge >= 0.3 is 6.09 Å². The molecule has 2 atom stereocenters. The lowest BCUT2D eigenvalue weighted by Crippen LogP contribution is -2.41. The van der Waals surface area contributed by atoms with Gasteiger partial charge in [0.05, 0.1) is 12.6 Å². The molecule has 1 N–H and O–H groups in total. The molecule has 0 aliphatic carbocycles. The number of rotatable bonds is 3. The van der Waals surface area contributed by atoms with E-state index in [9.17, 15) is 4.79 Å². The SMILES string of the molecule is CC[C@H](NC(=O)OC(C)(C)C)[C@H]1CO1. The maximum atomic E-state index is 11.4. The second-order valence-corrected chi connectivity index (χ2v) is 4.53. The van der Waals surface area contributed by atoms with Crippen molar-refractivity contribution in [3.05, 3.63) is 0 Å². The third kappa shape index (κ3) is 3.96. The minimum atomic E-state index is -0.438. The van der Waals surface area contributed by atoms with Crippen LogP contribution in [0.2, 0.25) is 0 Å². The first-order valence-corrected chi connectivity index (χ1v) is 5.03. The minimum absolute atomic E-state index is 0.0878. The average molecular weight is 201 g/mol. The Balaban J connectivity index is 2.31. The van der Waals surface area contributed by atoms with Gasteiger partial charge in [0.25, 0.3) is 0 Å². The summed E-state index contributed by atoms with van der Waals surface area (Å²) < 4.78 is 10.3. The van der Waals surface area contributed by atoms with Crippen LogP contribution in [-0.2, 0) is 9.47 Å². The molecule has 1 heterocycles. The van der Waals surface area contributed by atoms with Crippen molar-refractivity contribution in [2.75, 3.05) is 6.61 Å².